The SMILES string of the molecule is CC(C)c1ccc(-c2csc3ncn(/N=C\N(C)C)c(=O)c23)cc1. The minimum Gasteiger partial charge on any atom is -0.367 e. The number of aromatic nitrogens is 2. The normalized spacial score (nSPS) is 11.7. The predicted molar refractivity (Wildman–Crippen MR) is 101 cm³/mol. The zero-order valence-corrected chi connectivity index (χ0v) is 15.0. The van der Waals surface area contributed by atoms with Crippen LogP contribution in [0.15, 0.2) is 45.9 Å². The van der Waals surface area contributed by atoms with Crippen molar-refractivity contribution in [2.24, 2.45) is 5.10 Å². The summed E-state index contributed by atoms with van der Waals surface area (Å²) in [6.07, 6.45) is 3.05. The van der Waals surface area contributed by atoms with Crippen molar-refractivity contribution < 1.29 is 0 Å². The fourth-order valence-electron chi connectivity index (χ4n) is 2.42. The highest BCUT2D eigenvalue weighted by molar-refractivity contribution is 7.17. The molecule has 0 aliphatic rings. The van der Waals surface area contributed by atoms with Crippen molar-refractivity contribution in [2.45, 2.75) is 19.8 Å². The van der Waals surface area contributed by atoms with Crippen LogP contribution in [0, 0.1) is 0 Å². The molecule has 3 rings (SSSR count). The highest BCUT2D eigenvalue weighted by Gasteiger charge is 2.13. The number of fused-ring (bicyclic) bond motifs is 1. The molecule has 2 aromatic heterocycles. The molecule has 0 spiro atoms. The first-order chi connectivity index (χ1) is 11.5. The Hall–Kier alpha value is -2.47. The lowest BCUT2D eigenvalue weighted by molar-refractivity contribution is 0.629. The molecule has 0 aliphatic carbocycles. The summed E-state index contributed by atoms with van der Waals surface area (Å²) in [7, 11) is 3.71. The van der Waals surface area contributed by atoms with Gasteiger partial charge in [0.15, 0.2) is 0 Å². The summed E-state index contributed by atoms with van der Waals surface area (Å²) in [5.41, 5.74) is 3.07. The van der Waals surface area contributed by atoms with Gasteiger partial charge in [-0.2, -0.15) is 9.78 Å². The molecule has 124 valence electrons. The second-order valence-corrected chi connectivity index (χ2v) is 7.05. The quantitative estimate of drug-likeness (QED) is 0.538. The number of rotatable bonds is 4. The van der Waals surface area contributed by atoms with Gasteiger partial charge in [-0.15, -0.1) is 11.3 Å². The summed E-state index contributed by atoms with van der Waals surface area (Å²) < 4.78 is 1.28. The van der Waals surface area contributed by atoms with E-state index in [4.69, 9.17) is 0 Å². The Morgan fingerprint density at radius 3 is 2.58 bits per heavy atom. The smallest absolute Gasteiger partial charge is 0.283 e. The van der Waals surface area contributed by atoms with Crippen LogP contribution < -0.4 is 5.56 Å². The van der Waals surface area contributed by atoms with Crippen LogP contribution in [0.2, 0.25) is 0 Å². The average molecular weight is 340 g/mol. The average Bonchev–Trinajstić information content (AvgIpc) is 2.99. The van der Waals surface area contributed by atoms with Gasteiger partial charge in [0.1, 0.15) is 17.5 Å². The van der Waals surface area contributed by atoms with Crippen molar-refractivity contribution in [3.8, 4) is 11.1 Å². The van der Waals surface area contributed by atoms with E-state index in [0.29, 0.717) is 11.3 Å². The Morgan fingerprint density at radius 1 is 1.25 bits per heavy atom. The fourth-order valence-corrected chi connectivity index (χ4v) is 3.33. The maximum Gasteiger partial charge on any atom is 0.283 e. The number of hydrogen-bond acceptors (Lipinski definition) is 4. The van der Waals surface area contributed by atoms with Crippen molar-refractivity contribution in [2.75, 3.05) is 14.1 Å². The van der Waals surface area contributed by atoms with Crippen LogP contribution in [-0.4, -0.2) is 35.0 Å². The molecule has 0 saturated heterocycles. The van der Waals surface area contributed by atoms with Crippen molar-refractivity contribution in [1.82, 2.24) is 14.6 Å². The predicted octanol–water partition coefficient (Wildman–Crippen LogP) is 3.60. The number of thiophene rings is 1. The first-order valence-electron chi connectivity index (χ1n) is 7.77. The zero-order chi connectivity index (χ0) is 17.3. The molecular formula is C18H20N4OS. The standard InChI is InChI=1S/C18H20N4OS/c1-12(2)13-5-7-14(8-6-13)15-9-24-17-16(15)18(23)22(10-19-17)20-11-21(3)4/h5-12H,1-4H3/b20-11-. The van der Waals surface area contributed by atoms with E-state index in [1.807, 2.05) is 19.5 Å². The fraction of sp³-hybridized carbons (Fsp3) is 0.278. The summed E-state index contributed by atoms with van der Waals surface area (Å²) >= 11 is 1.48. The van der Waals surface area contributed by atoms with E-state index >= 15 is 0 Å². The van der Waals surface area contributed by atoms with Gasteiger partial charge >= 0.3 is 0 Å². The van der Waals surface area contributed by atoms with Crippen LogP contribution in [0.5, 0.6) is 0 Å². The third-order valence-corrected chi connectivity index (χ3v) is 4.66. The molecule has 3 aromatic rings. The Balaban J connectivity index is 2.12. The van der Waals surface area contributed by atoms with Crippen LogP contribution in [0.4, 0.5) is 0 Å². The third kappa shape index (κ3) is 3.10. The van der Waals surface area contributed by atoms with Gasteiger partial charge in [0.2, 0.25) is 0 Å². The van der Waals surface area contributed by atoms with Gasteiger partial charge in [-0.25, -0.2) is 4.98 Å². The van der Waals surface area contributed by atoms with Crippen molar-refractivity contribution in [3.63, 3.8) is 0 Å². The Labute approximate surface area is 144 Å². The highest BCUT2D eigenvalue weighted by atomic mass is 32.1. The van der Waals surface area contributed by atoms with Gasteiger partial charge < -0.3 is 4.90 Å². The molecular weight excluding hydrogens is 320 g/mol. The van der Waals surface area contributed by atoms with E-state index in [2.05, 4.69) is 48.2 Å². The second kappa shape index (κ2) is 6.57. The van der Waals surface area contributed by atoms with E-state index in [1.165, 1.54) is 27.9 Å². The molecule has 0 fully saturated rings. The summed E-state index contributed by atoms with van der Waals surface area (Å²) in [6.45, 7) is 4.33. The van der Waals surface area contributed by atoms with E-state index in [-0.39, 0.29) is 5.56 Å². The largest absolute Gasteiger partial charge is 0.367 e. The molecule has 0 atom stereocenters. The molecule has 0 radical (unpaired) electrons. The lowest BCUT2D eigenvalue weighted by Gasteiger charge is -2.07. The zero-order valence-electron chi connectivity index (χ0n) is 14.2. The molecule has 0 bridgehead atoms. The van der Waals surface area contributed by atoms with Crippen molar-refractivity contribution >= 4 is 27.9 Å². The summed E-state index contributed by atoms with van der Waals surface area (Å²) in [6, 6.07) is 8.36. The van der Waals surface area contributed by atoms with Crippen LogP contribution in [0.3, 0.4) is 0 Å². The highest BCUT2D eigenvalue weighted by Crippen LogP contribution is 2.31. The van der Waals surface area contributed by atoms with Gasteiger partial charge in [0, 0.05) is 25.0 Å². The van der Waals surface area contributed by atoms with Gasteiger partial charge in [-0.1, -0.05) is 38.1 Å². The maximum absolute atomic E-state index is 12.8. The molecule has 0 N–H and O–H groups in total. The molecule has 0 aliphatic heterocycles. The van der Waals surface area contributed by atoms with Crippen LogP contribution in [0.25, 0.3) is 21.3 Å². The van der Waals surface area contributed by atoms with Gasteiger partial charge in [0.05, 0.1) is 5.39 Å². The van der Waals surface area contributed by atoms with Crippen LogP contribution in [-0.2, 0) is 0 Å². The molecule has 1 aromatic carbocycles. The molecule has 24 heavy (non-hydrogen) atoms. The van der Waals surface area contributed by atoms with Gasteiger partial charge in [0.25, 0.3) is 5.56 Å². The molecule has 5 nitrogen and oxygen atoms in total. The summed E-state index contributed by atoms with van der Waals surface area (Å²) in [5, 5.41) is 6.76. The van der Waals surface area contributed by atoms with E-state index in [9.17, 15) is 4.79 Å². The molecule has 0 unspecified atom stereocenters. The molecule has 6 heteroatoms. The number of hydrogen-bond donors (Lipinski definition) is 0. The van der Waals surface area contributed by atoms with Crippen LogP contribution >= 0.6 is 11.3 Å². The molecule has 0 amide bonds. The minimum atomic E-state index is -0.151. The Morgan fingerprint density at radius 2 is 1.96 bits per heavy atom. The summed E-state index contributed by atoms with van der Waals surface area (Å²) in [4.78, 5) is 19.6. The number of benzene rings is 1. The van der Waals surface area contributed by atoms with Gasteiger partial charge in [-0.3, -0.25) is 4.79 Å². The molecule has 2 heterocycles. The van der Waals surface area contributed by atoms with Crippen LogP contribution in [0.1, 0.15) is 25.3 Å². The number of nitrogens with zero attached hydrogens (tertiary/aromatic N) is 4. The van der Waals surface area contributed by atoms with E-state index < -0.39 is 0 Å². The third-order valence-electron chi connectivity index (χ3n) is 3.77. The monoisotopic (exact) mass is 340 g/mol. The van der Waals surface area contributed by atoms with E-state index in [0.717, 1.165) is 16.0 Å². The van der Waals surface area contributed by atoms with Crippen molar-refractivity contribution in [1.29, 1.82) is 0 Å². The second-order valence-electron chi connectivity index (χ2n) is 6.20. The van der Waals surface area contributed by atoms with Crippen molar-refractivity contribution in [3.05, 3.63) is 51.9 Å². The van der Waals surface area contributed by atoms with Gasteiger partial charge in [-0.05, 0) is 17.0 Å². The topological polar surface area (TPSA) is 50.5 Å². The minimum absolute atomic E-state index is 0.151. The molecule has 0 saturated carbocycles. The lowest BCUT2D eigenvalue weighted by Crippen LogP contribution is -2.19. The van der Waals surface area contributed by atoms with E-state index in [1.54, 1.807) is 11.2 Å². The Kier molecular flexibility index (Phi) is 4.49. The lowest BCUT2D eigenvalue weighted by atomic mass is 9.99. The first kappa shape index (κ1) is 16.4. The first-order valence-corrected chi connectivity index (χ1v) is 8.65. The summed E-state index contributed by atoms with van der Waals surface area (Å²) in [5.74, 6) is 0.484. The maximum atomic E-state index is 12.8. The Bertz CT molecular complexity index is 936.